The maximum atomic E-state index is 13.0. The van der Waals surface area contributed by atoms with E-state index in [1.807, 2.05) is 25.1 Å². The topological polar surface area (TPSA) is 132 Å². The van der Waals surface area contributed by atoms with Crippen LogP contribution in [0.15, 0.2) is 27.9 Å². The number of ether oxygens (including phenoxy) is 1. The third-order valence-corrected chi connectivity index (χ3v) is 7.90. The normalized spacial score (nSPS) is 16.9. The molecular formula is C25H33N7O5S. The maximum Gasteiger partial charge on any atom is 0.294 e. The van der Waals surface area contributed by atoms with E-state index in [-0.39, 0.29) is 18.1 Å². The lowest BCUT2D eigenvalue weighted by Gasteiger charge is -2.45. The number of benzene rings is 1. The van der Waals surface area contributed by atoms with Gasteiger partial charge in [0.1, 0.15) is 23.7 Å². The van der Waals surface area contributed by atoms with Crippen LogP contribution in [0.2, 0.25) is 0 Å². The zero-order valence-corrected chi connectivity index (χ0v) is 22.7. The molecule has 0 aliphatic carbocycles. The summed E-state index contributed by atoms with van der Waals surface area (Å²) in [7, 11) is 1.77. The molecule has 0 saturated carbocycles. The molecule has 2 fully saturated rings. The van der Waals surface area contributed by atoms with Crippen molar-refractivity contribution in [3.05, 3.63) is 44.4 Å². The van der Waals surface area contributed by atoms with Crippen LogP contribution >= 0.6 is 11.9 Å². The van der Waals surface area contributed by atoms with Gasteiger partial charge < -0.3 is 19.5 Å². The van der Waals surface area contributed by atoms with Crippen molar-refractivity contribution in [1.82, 2.24) is 29.0 Å². The number of aromatic amines is 1. The Labute approximate surface area is 224 Å². The number of hydrogen-bond donors (Lipinski definition) is 1. The van der Waals surface area contributed by atoms with Crippen LogP contribution in [0.5, 0.6) is 5.75 Å². The standard InChI is InChI=1S/C25H33N7O5S/c1-4-6-20-22-23(29(3)28-20)25(33)27-24(26-22)19-9-18(7-8-21(19)36-5-2)38-31-13-16(14-31)10-30-11-17(12-30)15-37-32(34)35/h7-9,16-17H,4-6,10-15H2,1-3H3,(H,26,27,33). The van der Waals surface area contributed by atoms with Crippen molar-refractivity contribution in [2.75, 3.05) is 45.9 Å². The molecule has 38 heavy (non-hydrogen) atoms. The lowest BCUT2D eigenvalue weighted by molar-refractivity contribution is -0.759. The van der Waals surface area contributed by atoms with Crippen molar-refractivity contribution in [2.24, 2.45) is 18.9 Å². The average Bonchev–Trinajstić information content (AvgIpc) is 3.15. The number of aryl methyl sites for hydroxylation is 2. The maximum absolute atomic E-state index is 13.0. The summed E-state index contributed by atoms with van der Waals surface area (Å²) < 4.78 is 9.81. The molecule has 5 rings (SSSR count). The minimum Gasteiger partial charge on any atom is -0.493 e. The van der Waals surface area contributed by atoms with Crippen molar-refractivity contribution in [2.45, 2.75) is 31.6 Å². The van der Waals surface area contributed by atoms with E-state index in [0.717, 1.165) is 61.7 Å². The highest BCUT2D eigenvalue weighted by molar-refractivity contribution is 7.97. The van der Waals surface area contributed by atoms with Gasteiger partial charge in [-0.05, 0) is 49.4 Å². The molecule has 0 unspecified atom stereocenters. The first-order valence-electron chi connectivity index (χ1n) is 13.0. The van der Waals surface area contributed by atoms with Crippen LogP contribution in [0, 0.1) is 22.0 Å². The summed E-state index contributed by atoms with van der Waals surface area (Å²) in [5.74, 6) is 1.98. The second-order valence-electron chi connectivity index (χ2n) is 9.93. The first-order chi connectivity index (χ1) is 18.3. The molecule has 2 aliphatic rings. The summed E-state index contributed by atoms with van der Waals surface area (Å²) in [6.45, 7) is 9.34. The van der Waals surface area contributed by atoms with E-state index in [4.69, 9.17) is 9.72 Å². The molecule has 1 N–H and O–H groups in total. The number of rotatable bonds is 12. The van der Waals surface area contributed by atoms with Gasteiger partial charge in [-0.2, -0.15) is 5.10 Å². The largest absolute Gasteiger partial charge is 0.493 e. The molecule has 0 spiro atoms. The number of likely N-dealkylation sites (tertiary alicyclic amines) is 1. The molecule has 0 radical (unpaired) electrons. The molecule has 0 atom stereocenters. The first kappa shape index (κ1) is 26.4. The minimum absolute atomic E-state index is 0.185. The fourth-order valence-electron chi connectivity index (χ4n) is 5.14. The van der Waals surface area contributed by atoms with Gasteiger partial charge in [-0.15, -0.1) is 10.1 Å². The summed E-state index contributed by atoms with van der Waals surface area (Å²) >= 11 is 1.69. The van der Waals surface area contributed by atoms with Gasteiger partial charge in [0.25, 0.3) is 10.6 Å². The number of nitrogens with zero attached hydrogens (tertiary/aromatic N) is 6. The second kappa shape index (κ2) is 11.3. The number of fused-ring (bicyclic) bond motifs is 1. The van der Waals surface area contributed by atoms with Crippen LogP contribution in [0.1, 0.15) is 26.0 Å². The Morgan fingerprint density at radius 2 is 2.00 bits per heavy atom. The third kappa shape index (κ3) is 5.64. The molecule has 3 aromatic rings. The number of hydrogen-bond acceptors (Lipinski definition) is 10. The lowest BCUT2D eigenvalue weighted by Crippen LogP contribution is -2.55. The molecular weight excluding hydrogens is 510 g/mol. The van der Waals surface area contributed by atoms with Crippen molar-refractivity contribution in [3.8, 4) is 17.1 Å². The number of nitrogens with one attached hydrogen (secondary N) is 1. The van der Waals surface area contributed by atoms with Gasteiger partial charge in [0.05, 0.1) is 17.9 Å². The predicted molar refractivity (Wildman–Crippen MR) is 144 cm³/mol. The van der Waals surface area contributed by atoms with Gasteiger partial charge >= 0.3 is 0 Å². The summed E-state index contributed by atoms with van der Waals surface area (Å²) in [6.07, 6.45) is 1.67. The molecule has 0 bridgehead atoms. The molecule has 1 aromatic carbocycles. The van der Waals surface area contributed by atoms with E-state index < -0.39 is 5.09 Å². The highest BCUT2D eigenvalue weighted by Crippen LogP contribution is 2.37. The Balaban J connectivity index is 1.26. The van der Waals surface area contributed by atoms with Crippen molar-refractivity contribution in [3.63, 3.8) is 0 Å². The zero-order valence-electron chi connectivity index (χ0n) is 21.9. The van der Waals surface area contributed by atoms with Gasteiger partial charge in [-0.25, -0.2) is 9.29 Å². The first-order valence-corrected chi connectivity index (χ1v) is 13.8. The summed E-state index contributed by atoms with van der Waals surface area (Å²) in [5.41, 5.74) is 2.48. The quantitative estimate of drug-likeness (QED) is 0.207. The third-order valence-electron chi connectivity index (χ3n) is 6.88. The van der Waals surface area contributed by atoms with E-state index in [1.54, 1.807) is 23.7 Å². The number of aromatic nitrogens is 4. The molecule has 13 heteroatoms. The van der Waals surface area contributed by atoms with Crippen molar-refractivity contribution >= 4 is 23.0 Å². The Morgan fingerprint density at radius 3 is 2.71 bits per heavy atom. The van der Waals surface area contributed by atoms with Gasteiger partial charge in [0, 0.05) is 50.6 Å². The smallest absolute Gasteiger partial charge is 0.294 e. The minimum atomic E-state index is -0.718. The second-order valence-corrected chi connectivity index (χ2v) is 11.1. The molecule has 4 heterocycles. The van der Waals surface area contributed by atoms with E-state index in [9.17, 15) is 14.9 Å². The van der Waals surface area contributed by atoms with E-state index >= 15 is 0 Å². The Bertz CT molecular complexity index is 1360. The van der Waals surface area contributed by atoms with Crippen molar-refractivity contribution < 1.29 is 14.7 Å². The lowest BCUT2D eigenvalue weighted by atomic mass is 9.96. The highest BCUT2D eigenvalue weighted by atomic mass is 32.2. The molecule has 2 saturated heterocycles. The van der Waals surface area contributed by atoms with Crippen molar-refractivity contribution in [1.29, 1.82) is 0 Å². The highest BCUT2D eigenvalue weighted by Gasteiger charge is 2.34. The van der Waals surface area contributed by atoms with Crippen LogP contribution in [-0.2, 0) is 18.3 Å². The van der Waals surface area contributed by atoms with Crippen LogP contribution in [-0.4, -0.2) is 80.0 Å². The van der Waals surface area contributed by atoms with Crippen LogP contribution in [0.4, 0.5) is 0 Å². The molecule has 2 aliphatic heterocycles. The van der Waals surface area contributed by atoms with Gasteiger partial charge in [-0.1, -0.05) is 13.3 Å². The van der Waals surface area contributed by atoms with E-state index in [2.05, 4.69) is 31.0 Å². The Hall–Kier alpha value is -3.16. The molecule has 2 aromatic heterocycles. The monoisotopic (exact) mass is 543 g/mol. The van der Waals surface area contributed by atoms with Crippen LogP contribution in [0.3, 0.4) is 0 Å². The summed E-state index contributed by atoms with van der Waals surface area (Å²) in [5, 5.41) is 14.1. The fraction of sp³-hybridized carbons (Fsp3) is 0.560. The summed E-state index contributed by atoms with van der Waals surface area (Å²) in [6, 6.07) is 6.00. The zero-order chi connectivity index (χ0) is 26.8. The van der Waals surface area contributed by atoms with Crippen LogP contribution in [0.25, 0.3) is 22.4 Å². The van der Waals surface area contributed by atoms with Gasteiger partial charge in [0.2, 0.25) is 0 Å². The Kier molecular flexibility index (Phi) is 7.86. The number of H-pyrrole nitrogens is 1. The van der Waals surface area contributed by atoms with E-state index in [1.165, 1.54) is 0 Å². The average molecular weight is 544 g/mol. The van der Waals surface area contributed by atoms with E-state index in [0.29, 0.717) is 35.1 Å². The fourth-order valence-corrected chi connectivity index (χ4v) is 6.30. The SMILES string of the molecule is CCCc1nn(C)c2c(=O)[nH]c(-c3cc(SN4CC(CN5CC(CO[N+](=O)[O-])C5)C4)ccc3OCC)nc12. The van der Waals surface area contributed by atoms with Crippen LogP contribution < -0.4 is 10.3 Å². The molecule has 12 nitrogen and oxygen atoms in total. The van der Waals surface area contributed by atoms with Gasteiger partial charge in [0.15, 0.2) is 5.52 Å². The van der Waals surface area contributed by atoms with Gasteiger partial charge in [-0.3, -0.25) is 9.48 Å². The predicted octanol–water partition coefficient (Wildman–Crippen LogP) is 2.75. The molecule has 204 valence electrons. The molecule has 0 amide bonds. The Morgan fingerprint density at radius 1 is 1.21 bits per heavy atom. The summed E-state index contributed by atoms with van der Waals surface area (Å²) in [4.78, 5) is 39.0.